The molecule has 3 aromatic rings. The molecule has 1 aliphatic rings. The summed E-state index contributed by atoms with van der Waals surface area (Å²) in [7, 11) is 1.36. The first kappa shape index (κ1) is 19.9. The Labute approximate surface area is 177 Å². The highest BCUT2D eigenvalue weighted by Crippen LogP contribution is 2.33. The highest BCUT2D eigenvalue weighted by molar-refractivity contribution is 9.10. The maximum absolute atomic E-state index is 13.5. The van der Waals surface area contributed by atoms with Crippen molar-refractivity contribution in [2.75, 3.05) is 20.2 Å². The van der Waals surface area contributed by atoms with Gasteiger partial charge in [0.25, 0.3) is 5.56 Å². The quantitative estimate of drug-likeness (QED) is 0.599. The van der Waals surface area contributed by atoms with Gasteiger partial charge in [0.05, 0.1) is 7.11 Å². The number of aromatic nitrogens is 1. The standard InChI is InChI=1S/C23H23BrN2O3/c1-29-23(28)21-20(16-7-3-2-4-8-16)19-12-17(24)9-10-18(19)22(27)26(21)14-15-6-5-11-25-13-15/h2-4,7-10,12,15,25H,5-6,11,13-14H2,1H3. The van der Waals surface area contributed by atoms with Crippen LogP contribution in [0, 0.1) is 5.92 Å². The number of nitrogens with one attached hydrogen (secondary N) is 1. The van der Waals surface area contributed by atoms with Crippen LogP contribution in [0.2, 0.25) is 0 Å². The van der Waals surface area contributed by atoms with E-state index in [0.717, 1.165) is 46.9 Å². The molecule has 1 aliphatic heterocycles. The van der Waals surface area contributed by atoms with Crippen LogP contribution in [0.25, 0.3) is 21.9 Å². The molecule has 1 unspecified atom stereocenters. The molecule has 5 nitrogen and oxygen atoms in total. The molecule has 0 amide bonds. The van der Waals surface area contributed by atoms with E-state index in [-0.39, 0.29) is 5.56 Å². The van der Waals surface area contributed by atoms with Crippen molar-refractivity contribution in [3.63, 3.8) is 0 Å². The van der Waals surface area contributed by atoms with E-state index in [2.05, 4.69) is 21.2 Å². The van der Waals surface area contributed by atoms with E-state index in [1.165, 1.54) is 7.11 Å². The largest absolute Gasteiger partial charge is 0.464 e. The molecule has 29 heavy (non-hydrogen) atoms. The predicted octanol–water partition coefficient (Wildman–Crippen LogP) is 4.22. The number of hydrogen-bond acceptors (Lipinski definition) is 4. The highest BCUT2D eigenvalue weighted by Gasteiger charge is 2.26. The lowest BCUT2D eigenvalue weighted by Crippen LogP contribution is -2.37. The molecule has 1 N–H and O–H groups in total. The number of rotatable bonds is 4. The molecular formula is C23H23BrN2O3. The third-order valence-corrected chi connectivity index (χ3v) is 6.01. The average Bonchev–Trinajstić information content (AvgIpc) is 2.76. The van der Waals surface area contributed by atoms with Crippen molar-refractivity contribution in [2.24, 2.45) is 5.92 Å². The number of esters is 1. The molecule has 0 saturated carbocycles. The molecule has 6 heteroatoms. The Morgan fingerprint density at radius 3 is 2.69 bits per heavy atom. The predicted molar refractivity (Wildman–Crippen MR) is 118 cm³/mol. The molecule has 1 saturated heterocycles. The van der Waals surface area contributed by atoms with E-state index >= 15 is 0 Å². The molecule has 1 aromatic heterocycles. The van der Waals surface area contributed by atoms with Crippen LogP contribution in [0.15, 0.2) is 57.8 Å². The Morgan fingerprint density at radius 2 is 2.00 bits per heavy atom. The minimum absolute atomic E-state index is 0.154. The highest BCUT2D eigenvalue weighted by atomic mass is 79.9. The Balaban J connectivity index is 2.05. The fourth-order valence-corrected chi connectivity index (χ4v) is 4.50. The summed E-state index contributed by atoms with van der Waals surface area (Å²) in [6.45, 7) is 2.32. The molecule has 0 aliphatic carbocycles. The van der Waals surface area contributed by atoms with Crippen molar-refractivity contribution in [3.05, 3.63) is 69.1 Å². The minimum atomic E-state index is -0.494. The van der Waals surface area contributed by atoms with E-state index in [4.69, 9.17) is 4.74 Å². The van der Waals surface area contributed by atoms with Crippen LogP contribution < -0.4 is 10.9 Å². The normalized spacial score (nSPS) is 16.7. The summed E-state index contributed by atoms with van der Waals surface area (Å²) in [5.74, 6) is -0.201. The number of piperidine rings is 1. The number of methoxy groups -OCH3 is 1. The van der Waals surface area contributed by atoms with Crippen molar-refractivity contribution in [2.45, 2.75) is 19.4 Å². The van der Waals surface area contributed by atoms with Crippen LogP contribution in [0.4, 0.5) is 0 Å². The maximum atomic E-state index is 13.5. The zero-order valence-electron chi connectivity index (χ0n) is 16.3. The van der Waals surface area contributed by atoms with Gasteiger partial charge in [-0.1, -0.05) is 46.3 Å². The van der Waals surface area contributed by atoms with E-state index < -0.39 is 5.97 Å². The molecule has 0 bridgehead atoms. The second-order valence-corrected chi connectivity index (χ2v) is 8.31. The molecule has 4 rings (SSSR count). The van der Waals surface area contributed by atoms with Crippen molar-refractivity contribution >= 4 is 32.7 Å². The number of nitrogens with zero attached hydrogens (tertiary/aromatic N) is 1. The van der Waals surface area contributed by atoms with Gasteiger partial charge in [0.1, 0.15) is 5.69 Å². The van der Waals surface area contributed by atoms with E-state index in [1.54, 1.807) is 4.57 Å². The fourth-order valence-electron chi connectivity index (χ4n) is 4.14. The van der Waals surface area contributed by atoms with Crippen molar-refractivity contribution in [1.29, 1.82) is 0 Å². The van der Waals surface area contributed by atoms with Crippen LogP contribution >= 0.6 is 15.9 Å². The van der Waals surface area contributed by atoms with E-state index in [0.29, 0.717) is 23.5 Å². The Hall–Kier alpha value is -2.44. The van der Waals surface area contributed by atoms with Gasteiger partial charge >= 0.3 is 5.97 Å². The summed E-state index contributed by atoms with van der Waals surface area (Å²) < 4.78 is 7.62. The zero-order valence-corrected chi connectivity index (χ0v) is 17.9. The van der Waals surface area contributed by atoms with Gasteiger partial charge in [0, 0.05) is 22.0 Å². The minimum Gasteiger partial charge on any atom is -0.464 e. The van der Waals surface area contributed by atoms with Crippen molar-refractivity contribution < 1.29 is 9.53 Å². The number of hydrogen-bond donors (Lipinski definition) is 1. The molecule has 150 valence electrons. The van der Waals surface area contributed by atoms with Crippen LogP contribution in [-0.2, 0) is 11.3 Å². The zero-order chi connectivity index (χ0) is 20.4. The molecule has 1 atom stereocenters. The summed E-state index contributed by atoms with van der Waals surface area (Å²) in [6, 6.07) is 15.3. The smallest absolute Gasteiger partial charge is 0.355 e. The van der Waals surface area contributed by atoms with Gasteiger partial charge < -0.3 is 14.6 Å². The number of halogens is 1. The lowest BCUT2D eigenvalue weighted by atomic mass is 9.95. The van der Waals surface area contributed by atoms with Gasteiger partial charge in [-0.2, -0.15) is 0 Å². The third-order valence-electron chi connectivity index (χ3n) is 5.51. The monoisotopic (exact) mass is 454 g/mol. The maximum Gasteiger partial charge on any atom is 0.355 e. The molecule has 1 fully saturated rings. The number of ether oxygens (including phenoxy) is 1. The number of carbonyl (C=O) groups is 1. The summed E-state index contributed by atoms with van der Waals surface area (Å²) in [5, 5.41) is 4.74. The summed E-state index contributed by atoms with van der Waals surface area (Å²) >= 11 is 3.51. The molecule has 0 spiro atoms. The second kappa shape index (κ2) is 8.51. The van der Waals surface area contributed by atoms with Crippen molar-refractivity contribution in [1.82, 2.24) is 9.88 Å². The number of benzene rings is 2. The second-order valence-electron chi connectivity index (χ2n) is 7.40. The topological polar surface area (TPSA) is 60.3 Å². The van der Waals surface area contributed by atoms with Gasteiger partial charge in [0.2, 0.25) is 0 Å². The first-order chi connectivity index (χ1) is 14.1. The Kier molecular flexibility index (Phi) is 5.83. The number of pyridine rings is 1. The van der Waals surface area contributed by atoms with Gasteiger partial charge in [-0.3, -0.25) is 4.79 Å². The summed E-state index contributed by atoms with van der Waals surface area (Å²) in [4.78, 5) is 26.4. The van der Waals surface area contributed by atoms with Crippen molar-refractivity contribution in [3.8, 4) is 11.1 Å². The lowest BCUT2D eigenvalue weighted by molar-refractivity contribution is 0.0586. The van der Waals surface area contributed by atoms with Crippen LogP contribution in [0.1, 0.15) is 23.3 Å². The SMILES string of the molecule is COC(=O)c1c(-c2ccccc2)c2cc(Br)ccc2c(=O)n1CC1CCCNC1. The number of carbonyl (C=O) groups excluding carboxylic acids is 1. The molecule has 2 aromatic carbocycles. The van der Waals surface area contributed by atoms with Gasteiger partial charge in [0.15, 0.2) is 0 Å². The third kappa shape index (κ3) is 3.87. The van der Waals surface area contributed by atoms with Gasteiger partial charge in [-0.15, -0.1) is 0 Å². The van der Waals surface area contributed by atoms with E-state index in [9.17, 15) is 9.59 Å². The van der Waals surface area contributed by atoms with E-state index in [1.807, 2.05) is 48.5 Å². The van der Waals surface area contributed by atoms with Crippen LogP contribution in [-0.4, -0.2) is 30.7 Å². The first-order valence-electron chi connectivity index (χ1n) is 9.80. The van der Waals surface area contributed by atoms with Gasteiger partial charge in [-0.25, -0.2) is 4.79 Å². The summed E-state index contributed by atoms with van der Waals surface area (Å²) in [6.07, 6.45) is 2.10. The lowest BCUT2D eigenvalue weighted by Gasteiger charge is -2.26. The first-order valence-corrected chi connectivity index (χ1v) is 10.6. The van der Waals surface area contributed by atoms with Crippen LogP contribution in [0.3, 0.4) is 0 Å². The van der Waals surface area contributed by atoms with Gasteiger partial charge in [-0.05, 0) is 61.0 Å². The molecule has 0 radical (unpaired) electrons. The average molecular weight is 455 g/mol. The van der Waals surface area contributed by atoms with Crippen LogP contribution in [0.5, 0.6) is 0 Å². The number of fused-ring (bicyclic) bond motifs is 1. The molecule has 2 heterocycles. The molecular weight excluding hydrogens is 432 g/mol. The fraction of sp³-hybridized carbons (Fsp3) is 0.304. The summed E-state index contributed by atoms with van der Waals surface area (Å²) in [5.41, 5.74) is 1.78. The Bertz CT molecular complexity index is 1100. The Morgan fingerprint density at radius 1 is 1.21 bits per heavy atom.